The number of carbonyl (C=O) groups excluding carboxylic acids is 1. The van der Waals surface area contributed by atoms with Crippen LogP contribution in [0.5, 0.6) is 5.75 Å². The summed E-state index contributed by atoms with van der Waals surface area (Å²) in [6, 6.07) is 7.27. The number of hydrogen-bond acceptors (Lipinski definition) is 6. The number of anilines is 2. The number of ether oxygens (including phenoxy) is 1. The zero-order valence-electron chi connectivity index (χ0n) is 10.6. The molecule has 2 aromatic rings. The van der Waals surface area contributed by atoms with E-state index in [4.69, 9.17) is 4.74 Å². The highest BCUT2D eigenvalue weighted by molar-refractivity contribution is 7.17. The van der Waals surface area contributed by atoms with Crippen molar-refractivity contribution < 1.29 is 9.53 Å². The fourth-order valence-electron chi connectivity index (χ4n) is 1.44. The SMILES string of the molecule is CCOc1ccccc1NC(=O)c1nnc(NC)s1. The molecule has 0 unspecified atom stereocenters. The Morgan fingerprint density at radius 3 is 2.84 bits per heavy atom. The Balaban J connectivity index is 2.14. The highest BCUT2D eigenvalue weighted by Crippen LogP contribution is 2.25. The minimum Gasteiger partial charge on any atom is -0.492 e. The highest BCUT2D eigenvalue weighted by atomic mass is 32.1. The fraction of sp³-hybridized carbons (Fsp3) is 0.250. The summed E-state index contributed by atoms with van der Waals surface area (Å²) in [5.41, 5.74) is 0.621. The van der Waals surface area contributed by atoms with E-state index in [9.17, 15) is 4.79 Å². The summed E-state index contributed by atoms with van der Waals surface area (Å²) in [4.78, 5) is 12.0. The number of amides is 1. The largest absolute Gasteiger partial charge is 0.492 e. The summed E-state index contributed by atoms with van der Waals surface area (Å²) in [6.45, 7) is 2.43. The predicted molar refractivity (Wildman–Crippen MR) is 75.0 cm³/mol. The molecule has 0 bridgehead atoms. The fourth-order valence-corrected chi connectivity index (χ4v) is 2.04. The van der Waals surface area contributed by atoms with Crippen LogP contribution >= 0.6 is 11.3 Å². The lowest BCUT2D eigenvalue weighted by atomic mass is 10.3. The summed E-state index contributed by atoms with van der Waals surface area (Å²) in [7, 11) is 1.73. The van der Waals surface area contributed by atoms with Gasteiger partial charge in [-0.25, -0.2) is 0 Å². The lowest BCUT2D eigenvalue weighted by Crippen LogP contribution is -2.12. The van der Waals surface area contributed by atoms with Crippen molar-refractivity contribution in [2.24, 2.45) is 0 Å². The summed E-state index contributed by atoms with van der Waals surface area (Å²) < 4.78 is 5.44. The van der Waals surface area contributed by atoms with Crippen molar-refractivity contribution in [3.63, 3.8) is 0 Å². The van der Waals surface area contributed by atoms with Gasteiger partial charge in [0.25, 0.3) is 5.91 Å². The molecule has 2 rings (SSSR count). The molecule has 6 nitrogen and oxygen atoms in total. The first kappa shape index (κ1) is 13.3. The number of rotatable bonds is 5. The van der Waals surface area contributed by atoms with E-state index >= 15 is 0 Å². The monoisotopic (exact) mass is 278 g/mol. The van der Waals surface area contributed by atoms with Gasteiger partial charge in [0.05, 0.1) is 12.3 Å². The molecule has 0 saturated heterocycles. The smallest absolute Gasteiger partial charge is 0.286 e. The minimum absolute atomic E-state index is 0.300. The van der Waals surface area contributed by atoms with E-state index in [0.29, 0.717) is 28.2 Å². The molecule has 100 valence electrons. The van der Waals surface area contributed by atoms with Gasteiger partial charge in [0.1, 0.15) is 5.75 Å². The lowest BCUT2D eigenvalue weighted by Gasteiger charge is -2.09. The standard InChI is InChI=1S/C12H14N4O2S/c1-3-18-9-7-5-4-6-8(9)14-10(17)11-15-16-12(13-2)19-11/h4-7H,3H2,1-2H3,(H,13,16)(H,14,17). The van der Waals surface area contributed by atoms with Gasteiger partial charge in [0.15, 0.2) is 0 Å². The lowest BCUT2D eigenvalue weighted by molar-refractivity contribution is 0.102. The first-order valence-corrected chi connectivity index (χ1v) is 6.60. The van der Waals surface area contributed by atoms with E-state index in [0.717, 1.165) is 0 Å². The van der Waals surface area contributed by atoms with Gasteiger partial charge in [-0.05, 0) is 19.1 Å². The average molecular weight is 278 g/mol. The highest BCUT2D eigenvalue weighted by Gasteiger charge is 2.14. The maximum Gasteiger partial charge on any atom is 0.286 e. The summed E-state index contributed by atoms with van der Waals surface area (Å²) in [6.07, 6.45) is 0. The Labute approximate surface area is 114 Å². The van der Waals surface area contributed by atoms with Crippen LogP contribution in [0.25, 0.3) is 0 Å². The topological polar surface area (TPSA) is 76.1 Å². The van der Waals surface area contributed by atoms with Gasteiger partial charge < -0.3 is 15.4 Å². The minimum atomic E-state index is -0.300. The molecule has 1 aromatic heterocycles. The van der Waals surface area contributed by atoms with Gasteiger partial charge in [0.2, 0.25) is 10.1 Å². The number of nitrogens with one attached hydrogen (secondary N) is 2. The van der Waals surface area contributed by atoms with E-state index in [1.54, 1.807) is 19.2 Å². The van der Waals surface area contributed by atoms with Gasteiger partial charge in [-0.1, -0.05) is 23.5 Å². The molecule has 2 N–H and O–H groups in total. The molecule has 0 fully saturated rings. The molecule has 19 heavy (non-hydrogen) atoms. The van der Waals surface area contributed by atoms with Gasteiger partial charge >= 0.3 is 0 Å². The molecule has 0 aliphatic heterocycles. The van der Waals surface area contributed by atoms with Crippen molar-refractivity contribution in [1.82, 2.24) is 10.2 Å². The van der Waals surface area contributed by atoms with Crippen LogP contribution in [0, 0.1) is 0 Å². The van der Waals surface area contributed by atoms with Gasteiger partial charge in [-0.15, -0.1) is 10.2 Å². The van der Waals surface area contributed by atoms with Crippen LogP contribution in [-0.4, -0.2) is 29.8 Å². The van der Waals surface area contributed by atoms with Crippen LogP contribution < -0.4 is 15.4 Å². The molecule has 0 aliphatic carbocycles. The molecule has 7 heteroatoms. The van der Waals surface area contributed by atoms with Crippen molar-refractivity contribution in [3.05, 3.63) is 29.3 Å². The Bertz CT molecular complexity index is 570. The number of hydrogen-bond donors (Lipinski definition) is 2. The van der Waals surface area contributed by atoms with E-state index in [1.165, 1.54) is 11.3 Å². The zero-order chi connectivity index (χ0) is 13.7. The van der Waals surface area contributed by atoms with Crippen molar-refractivity contribution in [2.45, 2.75) is 6.92 Å². The molecule has 0 atom stereocenters. The van der Waals surface area contributed by atoms with Crippen LogP contribution in [0.3, 0.4) is 0 Å². The van der Waals surface area contributed by atoms with Crippen LogP contribution in [0.2, 0.25) is 0 Å². The maximum absolute atomic E-state index is 12.0. The third-order valence-corrected chi connectivity index (χ3v) is 3.21. The van der Waals surface area contributed by atoms with Gasteiger partial charge in [-0.3, -0.25) is 4.79 Å². The van der Waals surface area contributed by atoms with Crippen LogP contribution in [0.1, 0.15) is 16.7 Å². The Hall–Kier alpha value is -2.15. The Morgan fingerprint density at radius 2 is 2.16 bits per heavy atom. The van der Waals surface area contributed by atoms with Crippen molar-refractivity contribution in [2.75, 3.05) is 24.3 Å². The maximum atomic E-state index is 12.0. The van der Waals surface area contributed by atoms with Crippen molar-refractivity contribution >= 4 is 28.1 Å². The zero-order valence-corrected chi connectivity index (χ0v) is 11.5. The van der Waals surface area contributed by atoms with Crippen molar-refractivity contribution in [1.29, 1.82) is 0 Å². The second-order valence-corrected chi connectivity index (χ2v) is 4.52. The Kier molecular flexibility index (Phi) is 4.30. The summed E-state index contributed by atoms with van der Waals surface area (Å²) in [5, 5.41) is 14.1. The normalized spacial score (nSPS) is 10.0. The second kappa shape index (κ2) is 6.14. The van der Waals surface area contributed by atoms with Crippen molar-refractivity contribution in [3.8, 4) is 5.75 Å². The number of benzene rings is 1. The number of nitrogens with zero attached hydrogens (tertiary/aromatic N) is 2. The third-order valence-electron chi connectivity index (χ3n) is 2.27. The van der Waals surface area contributed by atoms with E-state index in [2.05, 4.69) is 20.8 Å². The first-order chi connectivity index (χ1) is 9.24. The molecule has 0 aliphatic rings. The van der Waals surface area contributed by atoms with E-state index < -0.39 is 0 Å². The van der Waals surface area contributed by atoms with Crippen LogP contribution in [-0.2, 0) is 0 Å². The van der Waals surface area contributed by atoms with Gasteiger partial charge in [0, 0.05) is 7.05 Å². The second-order valence-electron chi connectivity index (χ2n) is 3.55. The summed E-state index contributed by atoms with van der Waals surface area (Å²) in [5.74, 6) is 0.336. The van der Waals surface area contributed by atoms with E-state index in [-0.39, 0.29) is 5.91 Å². The molecule has 1 aromatic carbocycles. The quantitative estimate of drug-likeness (QED) is 0.877. The Morgan fingerprint density at radius 1 is 1.37 bits per heavy atom. The summed E-state index contributed by atoms with van der Waals surface area (Å²) >= 11 is 1.19. The molecular formula is C12H14N4O2S. The van der Waals surface area contributed by atoms with E-state index in [1.807, 2.05) is 19.1 Å². The van der Waals surface area contributed by atoms with Crippen LogP contribution in [0.15, 0.2) is 24.3 Å². The number of para-hydroxylation sites is 2. The molecular weight excluding hydrogens is 264 g/mol. The van der Waals surface area contributed by atoms with Gasteiger partial charge in [-0.2, -0.15) is 0 Å². The predicted octanol–water partition coefficient (Wildman–Crippen LogP) is 2.23. The third kappa shape index (κ3) is 3.19. The van der Waals surface area contributed by atoms with Crippen LogP contribution in [0.4, 0.5) is 10.8 Å². The first-order valence-electron chi connectivity index (χ1n) is 5.79. The number of carbonyl (C=O) groups is 1. The average Bonchev–Trinajstić information content (AvgIpc) is 2.90. The molecule has 1 amide bonds. The molecule has 1 heterocycles. The molecule has 0 spiro atoms. The number of aromatic nitrogens is 2. The molecule has 0 saturated carbocycles. The molecule has 0 radical (unpaired) electrons.